The first-order chi connectivity index (χ1) is 16.0. The second-order valence-electron chi connectivity index (χ2n) is 8.98. The van der Waals surface area contributed by atoms with Crippen molar-refractivity contribution in [1.29, 1.82) is 0 Å². The molecule has 0 aromatic carbocycles. The van der Waals surface area contributed by atoms with Crippen LogP contribution >= 0.6 is 15.9 Å². The average Bonchev–Trinajstić information content (AvgIpc) is 3.12. The van der Waals surface area contributed by atoms with Crippen molar-refractivity contribution in [3.05, 3.63) is 23.1 Å². The summed E-state index contributed by atoms with van der Waals surface area (Å²) in [6.07, 6.45) is 9.30. The Bertz CT molecular complexity index is 865. The van der Waals surface area contributed by atoms with Gasteiger partial charge in [0.05, 0.1) is 24.9 Å². The molecule has 1 N–H and O–H groups in total. The zero-order valence-electron chi connectivity index (χ0n) is 19.7. The summed E-state index contributed by atoms with van der Waals surface area (Å²) in [5.74, 6) is 1.07. The minimum absolute atomic E-state index is 0.304. The van der Waals surface area contributed by atoms with Gasteiger partial charge in [-0.3, -0.25) is 4.90 Å². The van der Waals surface area contributed by atoms with Gasteiger partial charge >= 0.3 is 0 Å². The Balaban J connectivity index is 1.45. The first kappa shape index (κ1) is 24.4. The summed E-state index contributed by atoms with van der Waals surface area (Å²) >= 11 is 3.78. The molecule has 10 heteroatoms. The number of methoxy groups -OCH3 is 1. The highest BCUT2D eigenvalue weighted by molar-refractivity contribution is 9.10. The van der Waals surface area contributed by atoms with Crippen LogP contribution in [0.1, 0.15) is 52.0 Å². The largest absolute Gasteiger partial charge is 0.475 e. The monoisotopic (exact) mass is 522 g/mol. The molecule has 2 aromatic rings. The highest BCUT2D eigenvalue weighted by atomic mass is 79.9. The maximum Gasteiger partial charge on any atom is 0.258 e. The molecule has 182 valence electrons. The highest BCUT2D eigenvalue weighted by Crippen LogP contribution is 2.40. The standard InChI is InChI=1S/C23H35BrN6O3/c1-16-14-29(15-17(2)33-16)18-6-8-19(9-7-18)30-21(24)20(27-23-25-10-4-11-26-23)22(28-30)32-13-5-12-31-3/h4,10-11,16-19H,5-9,12-15H2,1-3H3,(H,25,26,27)/t16-,17+,18?,19?. The van der Waals surface area contributed by atoms with Crippen molar-refractivity contribution in [3.63, 3.8) is 0 Å². The third-order valence-corrected chi connectivity index (χ3v) is 7.09. The van der Waals surface area contributed by atoms with Crippen molar-refractivity contribution in [2.45, 2.75) is 70.2 Å². The summed E-state index contributed by atoms with van der Waals surface area (Å²) in [4.78, 5) is 11.2. The van der Waals surface area contributed by atoms with Crippen LogP contribution in [0.5, 0.6) is 5.88 Å². The van der Waals surface area contributed by atoms with Crippen LogP contribution in [0.3, 0.4) is 0 Å². The number of hydrogen-bond acceptors (Lipinski definition) is 8. The Morgan fingerprint density at radius 2 is 1.73 bits per heavy atom. The van der Waals surface area contributed by atoms with Crippen LogP contribution in [0.2, 0.25) is 0 Å². The predicted octanol–water partition coefficient (Wildman–Crippen LogP) is 4.19. The molecule has 0 spiro atoms. The molecule has 1 aliphatic carbocycles. The Morgan fingerprint density at radius 1 is 1.06 bits per heavy atom. The van der Waals surface area contributed by atoms with E-state index < -0.39 is 0 Å². The fraction of sp³-hybridized carbons (Fsp3) is 0.696. The summed E-state index contributed by atoms with van der Waals surface area (Å²) in [5, 5.41) is 8.12. The van der Waals surface area contributed by atoms with Crippen molar-refractivity contribution in [2.24, 2.45) is 0 Å². The molecule has 33 heavy (non-hydrogen) atoms. The fourth-order valence-corrected chi connectivity index (χ4v) is 5.51. The van der Waals surface area contributed by atoms with Crippen LogP contribution in [-0.2, 0) is 9.47 Å². The Labute approximate surface area is 204 Å². The number of rotatable bonds is 9. The van der Waals surface area contributed by atoms with Gasteiger partial charge in [0, 0.05) is 51.7 Å². The minimum Gasteiger partial charge on any atom is -0.475 e. The van der Waals surface area contributed by atoms with Gasteiger partial charge in [-0.05, 0) is 61.5 Å². The van der Waals surface area contributed by atoms with Crippen molar-refractivity contribution in [1.82, 2.24) is 24.6 Å². The van der Waals surface area contributed by atoms with E-state index in [4.69, 9.17) is 19.3 Å². The van der Waals surface area contributed by atoms with E-state index in [9.17, 15) is 0 Å². The molecule has 2 aliphatic rings. The number of nitrogens with zero attached hydrogens (tertiary/aromatic N) is 5. The van der Waals surface area contributed by atoms with Gasteiger partial charge in [0.25, 0.3) is 5.88 Å². The lowest BCUT2D eigenvalue weighted by Gasteiger charge is -2.42. The number of hydrogen-bond donors (Lipinski definition) is 1. The Hall–Kier alpha value is -1.75. The lowest BCUT2D eigenvalue weighted by molar-refractivity contribution is -0.0852. The van der Waals surface area contributed by atoms with E-state index in [1.165, 1.54) is 0 Å². The third kappa shape index (κ3) is 6.23. The van der Waals surface area contributed by atoms with E-state index in [1.807, 2.05) is 0 Å². The average molecular weight is 523 g/mol. The minimum atomic E-state index is 0.304. The lowest BCUT2D eigenvalue weighted by atomic mass is 9.89. The lowest BCUT2D eigenvalue weighted by Crippen LogP contribution is -2.51. The van der Waals surface area contributed by atoms with Crippen LogP contribution in [0.4, 0.5) is 11.6 Å². The molecule has 1 saturated heterocycles. The molecule has 9 nitrogen and oxygen atoms in total. The quantitative estimate of drug-likeness (QED) is 0.490. The molecule has 0 bridgehead atoms. The molecule has 0 radical (unpaired) electrons. The van der Waals surface area contributed by atoms with Crippen LogP contribution in [-0.4, -0.2) is 76.3 Å². The van der Waals surface area contributed by atoms with E-state index >= 15 is 0 Å². The van der Waals surface area contributed by atoms with Crippen molar-refractivity contribution in [3.8, 4) is 5.88 Å². The summed E-state index contributed by atoms with van der Waals surface area (Å²) in [5.41, 5.74) is 0.761. The van der Waals surface area contributed by atoms with Gasteiger partial charge < -0.3 is 19.5 Å². The second-order valence-corrected chi connectivity index (χ2v) is 9.73. The van der Waals surface area contributed by atoms with Crippen LogP contribution in [0.25, 0.3) is 0 Å². The SMILES string of the molecule is COCCCOc1nn(C2CCC(N3C[C@@H](C)O[C@@H](C)C3)CC2)c(Br)c1Nc1ncccn1. The molecular weight excluding hydrogens is 488 g/mol. The van der Waals surface area contributed by atoms with Crippen LogP contribution < -0.4 is 10.1 Å². The maximum absolute atomic E-state index is 6.02. The van der Waals surface area contributed by atoms with Crippen molar-refractivity contribution < 1.29 is 14.2 Å². The second kappa shape index (κ2) is 11.6. The molecule has 3 heterocycles. The van der Waals surface area contributed by atoms with E-state index in [0.29, 0.717) is 49.3 Å². The first-order valence-electron chi connectivity index (χ1n) is 11.9. The van der Waals surface area contributed by atoms with E-state index in [-0.39, 0.29) is 0 Å². The van der Waals surface area contributed by atoms with E-state index in [1.54, 1.807) is 25.6 Å². The van der Waals surface area contributed by atoms with Gasteiger partial charge in [-0.2, -0.15) is 0 Å². The molecule has 1 aliphatic heterocycles. The van der Waals surface area contributed by atoms with Crippen molar-refractivity contribution >= 4 is 27.6 Å². The van der Waals surface area contributed by atoms with Gasteiger partial charge in [-0.25, -0.2) is 14.6 Å². The van der Waals surface area contributed by atoms with Crippen LogP contribution in [0.15, 0.2) is 23.1 Å². The molecule has 0 amide bonds. The molecule has 2 aromatic heterocycles. The van der Waals surface area contributed by atoms with Gasteiger partial charge in [-0.15, -0.1) is 5.10 Å². The normalized spacial score (nSPS) is 26.3. The summed E-state index contributed by atoms with van der Waals surface area (Å²) < 4.78 is 20.0. The van der Waals surface area contributed by atoms with E-state index in [0.717, 1.165) is 55.5 Å². The topological polar surface area (TPSA) is 86.6 Å². The van der Waals surface area contributed by atoms with Crippen LogP contribution in [0, 0.1) is 0 Å². The number of halogens is 1. The Kier molecular flexibility index (Phi) is 8.56. The third-order valence-electron chi connectivity index (χ3n) is 6.33. The number of aromatic nitrogens is 4. The summed E-state index contributed by atoms with van der Waals surface area (Å²) in [6, 6.07) is 2.73. The predicted molar refractivity (Wildman–Crippen MR) is 130 cm³/mol. The van der Waals surface area contributed by atoms with Gasteiger partial charge in [0.1, 0.15) is 10.3 Å². The number of ether oxygens (including phenoxy) is 3. The van der Waals surface area contributed by atoms with Gasteiger partial charge in [0.15, 0.2) is 0 Å². The Morgan fingerprint density at radius 3 is 2.39 bits per heavy atom. The highest BCUT2D eigenvalue weighted by Gasteiger charge is 2.33. The molecule has 4 rings (SSSR count). The summed E-state index contributed by atoms with van der Waals surface area (Å²) in [7, 11) is 1.69. The smallest absolute Gasteiger partial charge is 0.258 e. The summed E-state index contributed by atoms with van der Waals surface area (Å²) in [6.45, 7) is 7.57. The number of nitrogens with one attached hydrogen (secondary N) is 1. The molecule has 0 unspecified atom stereocenters. The van der Waals surface area contributed by atoms with Gasteiger partial charge in [-0.1, -0.05) is 0 Å². The van der Waals surface area contributed by atoms with Gasteiger partial charge in [0.2, 0.25) is 5.95 Å². The zero-order chi connectivity index (χ0) is 23.2. The molecular formula is C23H35BrN6O3. The maximum atomic E-state index is 6.02. The number of morpholine rings is 1. The van der Waals surface area contributed by atoms with E-state index in [2.05, 4.69) is 54.6 Å². The molecule has 2 atom stereocenters. The molecule has 2 fully saturated rings. The molecule has 1 saturated carbocycles. The first-order valence-corrected chi connectivity index (χ1v) is 12.7. The number of anilines is 2. The van der Waals surface area contributed by atoms with Crippen molar-refractivity contribution in [2.75, 3.05) is 38.7 Å². The zero-order valence-corrected chi connectivity index (χ0v) is 21.3. The fourth-order valence-electron chi connectivity index (χ4n) is 4.87.